The van der Waals surface area contributed by atoms with Crippen LogP contribution < -0.4 is 16.3 Å². The molecule has 3 N–H and O–H groups in total. The van der Waals surface area contributed by atoms with Crippen molar-refractivity contribution in [3.05, 3.63) is 22.6 Å². The Kier molecular flexibility index (Phi) is 1.93. The van der Waals surface area contributed by atoms with Crippen molar-refractivity contribution in [3.63, 3.8) is 0 Å². The van der Waals surface area contributed by atoms with Gasteiger partial charge >= 0.3 is 5.69 Å². The Morgan fingerprint density at radius 2 is 2.31 bits per heavy atom. The molecule has 0 aliphatic carbocycles. The fraction of sp³-hybridized carbons (Fsp3) is 0.444. The van der Waals surface area contributed by atoms with Crippen molar-refractivity contribution in [2.75, 3.05) is 24.5 Å². The molecule has 0 atom stereocenters. The Bertz CT molecular complexity index is 567. The van der Waals surface area contributed by atoms with E-state index in [0.29, 0.717) is 18.1 Å². The average Bonchev–Trinajstić information content (AvgIpc) is 2.59. The minimum atomic E-state index is -0.312. The molecule has 1 aliphatic heterocycles. The number of hydrogen-bond donors (Lipinski definition) is 2. The van der Waals surface area contributed by atoms with Crippen molar-refractivity contribution in [1.29, 1.82) is 0 Å². The van der Waals surface area contributed by atoms with E-state index in [1.54, 1.807) is 6.07 Å². The zero-order chi connectivity index (χ0) is 11.1. The summed E-state index contributed by atoms with van der Waals surface area (Å²) in [5.41, 5.74) is 5.77. The second kappa shape index (κ2) is 3.31. The van der Waals surface area contributed by atoms with Crippen LogP contribution in [0.2, 0.25) is 0 Å². The number of rotatable bonds is 2. The molecule has 0 amide bonds. The number of fused-ring (bicyclic) bond motifs is 1. The van der Waals surface area contributed by atoms with Crippen LogP contribution >= 0.6 is 0 Å². The van der Waals surface area contributed by atoms with Crippen LogP contribution in [0.1, 0.15) is 0 Å². The van der Waals surface area contributed by atoms with Crippen LogP contribution in [0.3, 0.4) is 0 Å². The maximum atomic E-state index is 11.3. The maximum absolute atomic E-state index is 11.3. The molecule has 0 spiro atoms. The lowest BCUT2D eigenvalue weighted by Gasteiger charge is -2.39. The second-order valence-electron chi connectivity index (χ2n) is 4.00. The number of anilines is 1. The summed E-state index contributed by atoms with van der Waals surface area (Å²) in [5.74, 6) is 1.33. The molecule has 0 aromatic carbocycles. The van der Waals surface area contributed by atoms with Gasteiger partial charge in [0, 0.05) is 19.0 Å². The fourth-order valence-electron chi connectivity index (χ4n) is 1.87. The van der Waals surface area contributed by atoms with Crippen molar-refractivity contribution in [3.8, 4) is 0 Å². The highest BCUT2D eigenvalue weighted by molar-refractivity contribution is 5.46. The topological polar surface area (TPSA) is 92.3 Å². The lowest BCUT2D eigenvalue weighted by molar-refractivity contribution is 0.415. The maximum Gasteiger partial charge on any atom is 0.364 e. The van der Waals surface area contributed by atoms with Crippen LogP contribution in [0, 0.1) is 5.92 Å². The van der Waals surface area contributed by atoms with Gasteiger partial charge in [-0.25, -0.2) is 9.89 Å². The van der Waals surface area contributed by atoms with E-state index in [0.717, 1.165) is 18.9 Å². The predicted octanol–water partition coefficient (Wildman–Crippen LogP) is -1.19. The zero-order valence-electron chi connectivity index (χ0n) is 8.63. The summed E-state index contributed by atoms with van der Waals surface area (Å²) in [6, 6.07) is 3.64. The van der Waals surface area contributed by atoms with E-state index in [1.165, 1.54) is 4.52 Å². The predicted molar refractivity (Wildman–Crippen MR) is 58.4 cm³/mol. The van der Waals surface area contributed by atoms with Gasteiger partial charge in [-0.05, 0) is 18.7 Å². The molecule has 16 heavy (non-hydrogen) atoms. The van der Waals surface area contributed by atoms with Crippen LogP contribution in [0.4, 0.5) is 5.82 Å². The first-order valence-electron chi connectivity index (χ1n) is 5.17. The van der Waals surface area contributed by atoms with E-state index >= 15 is 0 Å². The third-order valence-electron chi connectivity index (χ3n) is 2.87. The van der Waals surface area contributed by atoms with Crippen molar-refractivity contribution >= 4 is 11.5 Å². The van der Waals surface area contributed by atoms with Crippen LogP contribution in [0.25, 0.3) is 5.65 Å². The Hall–Kier alpha value is -1.89. The molecule has 1 saturated heterocycles. The number of aromatic amines is 1. The number of nitrogens with zero attached hydrogens (tertiary/aromatic N) is 4. The lowest BCUT2D eigenvalue weighted by atomic mass is 10.0. The van der Waals surface area contributed by atoms with E-state index in [2.05, 4.69) is 20.2 Å². The first kappa shape index (κ1) is 9.34. The van der Waals surface area contributed by atoms with E-state index in [9.17, 15) is 4.79 Å². The van der Waals surface area contributed by atoms with Crippen molar-refractivity contribution < 1.29 is 0 Å². The highest BCUT2D eigenvalue weighted by Gasteiger charge is 2.26. The molecule has 2 aromatic rings. The number of nitrogens with one attached hydrogen (secondary N) is 1. The summed E-state index contributed by atoms with van der Waals surface area (Å²) in [5, 5.41) is 10.4. The first-order chi connectivity index (χ1) is 7.78. The van der Waals surface area contributed by atoms with Gasteiger partial charge in [-0.15, -0.1) is 5.10 Å². The quantitative estimate of drug-likeness (QED) is 0.664. The van der Waals surface area contributed by atoms with E-state index < -0.39 is 0 Å². The van der Waals surface area contributed by atoms with Crippen LogP contribution in [-0.4, -0.2) is 39.4 Å². The van der Waals surface area contributed by atoms with E-state index in [1.807, 2.05) is 6.07 Å². The number of H-pyrrole nitrogens is 1. The Balaban J connectivity index is 1.94. The smallest absolute Gasteiger partial charge is 0.354 e. The molecule has 7 heteroatoms. The minimum absolute atomic E-state index is 0.312. The summed E-state index contributed by atoms with van der Waals surface area (Å²) in [4.78, 5) is 13.4. The molecule has 1 aliphatic rings. The Labute approximate surface area is 90.9 Å². The SMILES string of the molecule is NCC1CN(c2ccc3n[nH]c(=O)n3n2)C1. The summed E-state index contributed by atoms with van der Waals surface area (Å²) in [6.45, 7) is 2.51. The summed E-state index contributed by atoms with van der Waals surface area (Å²) < 4.78 is 1.27. The summed E-state index contributed by atoms with van der Waals surface area (Å²) in [6.07, 6.45) is 0. The van der Waals surface area contributed by atoms with Gasteiger partial charge in [0.1, 0.15) is 5.82 Å². The highest BCUT2D eigenvalue weighted by atomic mass is 16.2. The van der Waals surface area contributed by atoms with Crippen molar-refractivity contribution in [1.82, 2.24) is 19.8 Å². The number of nitrogens with two attached hydrogens (primary N) is 1. The van der Waals surface area contributed by atoms with Crippen LogP contribution in [0.15, 0.2) is 16.9 Å². The standard InChI is InChI=1S/C9H12N6O/c10-3-6-4-14(5-6)8-2-1-7-11-12-9(16)15(7)13-8/h1-2,6H,3-5,10H2,(H,12,16). The van der Waals surface area contributed by atoms with E-state index in [-0.39, 0.29) is 5.69 Å². The molecule has 0 radical (unpaired) electrons. The molecule has 2 aromatic heterocycles. The van der Waals surface area contributed by atoms with Gasteiger partial charge < -0.3 is 10.6 Å². The number of aromatic nitrogens is 4. The van der Waals surface area contributed by atoms with Gasteiger partial charge in [-0.2, -0.15) is 9.61 Å². The molecule has 7 nitrogen and oxygen atoms in total. The second-order valence-corrected chi connectivity index (χ2v) is 4.00. The molecule has 84 valence electrons. The molecular formula is C9H12N6O. The normalized spacial score (nSPS) is 16.7. The lowest BCUT2D eigenvalue weighted by Crippen LogP contribution is -2.50. The minimum Gasteiger partial charge on any atom is -0.354 e. The largest absolute Gasteiger partial charge is 0.364 e. The van der Waals surface area contributed by atoms with Gasteiger partial charge in [-0.1, -0.05) is 0 Å². The molecule has 0 saturated carbocycles. The molecule has 0 bridgehead atoms. The highest BCUT2D eigenvalue weighted by Crippen LogP contribution is 2.21. The third-order valence-corrected chi connectivity index (χ3v) is 2.87. The average molecular weight is 220 g/mol. The monoisotopic (exact) mass is 220 g/mol. The van der Waals surface area contributed by atoms with Gasteiger partial charge in [0.15, 0.2) is 5.65 Å². The molecule has 3 heterocycles. The van der Waals surface area contributed by atoms with E-state index in [4.69, 9.17) is 5.73 Å². The van der Waals surface area contributed by atoms with Crippen molar-refractivity contribution in [2.24, 2.45) is 11.7 Å². The summed E-state index contributed by atoms with van der Waals surface area (Å²) in [7, 11) is 0. The summed E-state index contributed by atoms with van der Waals surface area (Å²) >= 11 is 0. The third kappa shape index (κ3) is 1.28. The van der Waals surface area contributed by atoms with Crippen LogP contribution in [0.5, 0.6) is 0 Å². The van der Waals surface area contributed by atoms with Gasteiger partial charge in [-0.3, -0.25) is 0 Å². The number of hydrogen-bond acceptors (Lipinski definition) is 5. The van der Waals surface area contributed by atoms with Gasteiger partial charge in [0.25, 0.3) is 0 Å². The van der Waals surface area contributed by atoms with Crippen LogP contribution in [-0.2, 0) is 0 Å². The first-order valence-corrected chi connectivity index (χ1v) is 5.17. The van der Waals surface area contributed by atoms with Gasteiger partial charge in [0.2, 0.25) is 0 Å². The Morgan fingerprint density at radius 3 is 3.06 bits per heavy atom. The Morgan fingerprint density at radius 1 is 1.50 bits per heavy atom. The van der Waals surface area contributed by atoms with Crippen molar-refractivity contribution in [2.45, 2.75) is 0 Å². The molecule has 0 unspecified atom stereocenters. The molecule has 3 rings (SSSR count). The molecular weight excluding hydrogens is 208 g/mol. The van der Waals surface area contributed by atoms with Gasteiger partial charge in [0.05, 0.1) is 0 Å². The zero-order valence-corrected chi connectivity index (χ0v) is 8.63. The molecule has 1 fully saturated rings. The fourth-order valence-corrected chi connectivity index (χ4v) is 1.87.